The van der Waals surface area contributed by atoms with Crippen molar-refractivity contribution in [3.63, 3.8) is 0 Å². The van der Waals surface area contributed by atoms with E-state index in [0.29, 0.717) is 6.04 Å². The third-order valence-electron chi connectivity index (χ3n) is 3.42. The van der Waals surface area contributed by atoms with Crippen LogP contribution in [0.15, 0.2) is 24.5 Å². The van der Waals surface area contributed by atoms with Crippen LogP contribution in [-0.4, -0.2) is 49.3 Å². The zero-order valence-electron chi connectivity index (χ0n) is 11.3. The highest BCUT2D eigenvalue weighted by Gasteiger charge is 2.32. The quantitative estimate of drug-likeness (QED) is 0.857. The average Bonchev–Trinajstić information content (AvgIpc) is 2.41. The number of morpholine rings is 1. The smallest absolute Gasteiger partial charge is 0.0896 e. The highest BCUT2D eigenvalue weighted by Crippen LogP contribution is 2.29. The Balaban J connectivity index is 2.20. The molecule has 0 saturated carbocycles. The third-order valence-corrected chi connectivity index (χ3v) is 3.42. The zero-order chi connectivity index (χ0) is 12.8. The van der Waals surface area contributed by atoms with Crippen molar-refractivity contribution in [2.24, 2.45) is 0 Å². The van der Waals surface area contributed by atoms with Gasteiger partial charge in [-0.05, 0) is 37.7 Å². The Hall–Kier alpha value is -0.970. The molecule has 4 nitrogen and oxygen atoms in total. The summed E-state index contributed by atoms with van der Waals surface area (Å²) in [5, 5.41) is 3.23. The summed E-state index contributed by atoms with van der Waals surface area (Å²) < 4.78 is 5.94. The molecule has 0 bridgehead atoms. The molecule has 1 aromatic rings. The van der Waals surface area contributed by atoms with Crippen LogP contribution in [0.4, 0.5) is 0 Å². The van der Waals surface area contributed by atoms with Gasteiger partial charge in [0.05, 0.1) is 18.8 Å². The van der Waals surface area contributed by atoms with Crippen LogP contribution in [0.1, 0.15) is 24.9 Å². The van der Waals surface area contributed by atoms with Gasteiger partial charge in [0, 0.05) is 25.5 Å². The zero-order valence-corrected chi connectivity index (χ0v) is 11.3. The van der Waals surface area contributed by atoms with E-state index < -0.39 is 0 Å². The van der Waals surface area contributed by atoms with Gasteiger partial charge < -0.3 is 10.1 Å². The van der Waals surface area contributed by atoms with Crippen molar-refractivity contribution in [2.75, 3.05) is 33.3 Å². The van der Waals surface area contributed by atoms with Gasteiger partial charge in [0.1, 0.15) is 0 Å². The Kier molecular flexibility index (Phi) is 5.11. The summed E-state index contributed by atoms with van der Waals surface area (Å²) in [4.78, 5) is 6.64. The van der Waals surface area contributed by atoms with Crippen LogP contribution in [0, 0.1) is 0 Å². The Bertz CT molecular complexity index is 326. The van der Waals surface area contributed by atoms with Crippen LogP contribution in [0.5, 0.6) is 0 Å². The van der Waals surface area contributed by atoms with Gasteiger partial charge in [-0.25, -0.2) is 0 Å². The van der Waals surface area contributed by atoms with E-state index in [4.69, 9.17) is 4.74 Å². The highest BCUT2D eigenvalue weighted by molar-refractivity contribution is 5.18. The molecule has 2 atom stereocenters. The van der Waals surface area contributed by atoms with Gasteiger partial charge >= 0.3 is 0 Å². The molecule has 0 radical (unpaired) electrons. The molecule has 2 rings (SSSR count). The topological polar surface area (TPSA) is 37.4 Å². The number of nitrogens with zero attached hydrogens (tertiary/aromatic N) is 2. The SMILES string of the molecule is CCCN1CCOC(CNC)C1c1ccncc1. The van der Waals surface area contributed by atoms with Crippen LogP contribution in [-0.2, 0) is 4.74 Å². The molecule has 2 unspecified atom stereocenters. The molecule has 2 heterocycles. The number of hydrogen-bond acceptors (Lipinski definition) is 4. The van der Waals surface area contributed by atoms with Crippen molar-refractivity contribution < 1.29 is 4.74 Å². The van der Waals surface area contributed by atoms with Crippen LogP contribution in [0.25, 0.3) is 0 Å². The maximum absolute atomic E-state index is 5.94. The molecule has 1 aliphatic rings. The molecule has 100 valence electrons. The normalized spacial score (nSPS) is 25.2. The van der Waals surface area contributed by atoms with E-state index in [1.54, 1.807) is 0 Å². The Morgan fingerprint density at radius 1 is 1.44 bits per heavy atom. The summed E-state index contributed by atoms with van der Waals surface area (Å²) in [5.41, 5.74) is 1.30. The number of ether oxygens (including phenoxy) is 1. The predicted octanol–water partition coefficient (Wildman–Crippen LogP) is 1.45. The van der Waals surface area contributed by atoms with Crippen molar-refractivity contribution in [2.45, 2.75) is 25.5 Å². The molecule has 0 spiro atoms. The Morgan fingerprint density at radius 2 is 2.22 bits per heavy atom. The molecule has 1 fully saturated rings. The van der Waals surface area contributed by atoms with Crippen LogP contribution in [0.2, 0.25) is 0 Å². The van der Waals surface area contributed by atoms with E-state index in [1.807, 2.05) is 19.4 Å². The fourth-order valence-corrected chi connectivity index (χ4v) is 2.68. The lowest BCUT2D eigenvalue weighted by molar-refractivity contribution is -0.0704. The van der Waals surface area contributed by atoms with Gasteiger partial charge in [-0.2, -0.15) is 0 Å². The number of nitrogens with one attached hydrogen (secondary N) is 1. The highest BCUT2D eigenvalue weighted by atomic mass is 16.5. The first kappa shape index (κ1) is 13.5. The van der Waals surface area contributed by atoms with Gasteiger partial charge in [0.2, 0.25) is 0 Å². The standard InChI is InChI=1S/C14H23N3O/c1-3-8-17-9-10-18-13(11-15-2)14(17)12-4-6-16-7-5-12/h4-7,13-15H,3,8-11H2,1-2H3. The molecule has 1 N–H and O–H groups in total. The van der Waals surface area contributed by atoms with Crippen molar-refractivity contribution in [1.29, 1.82) is 0 Å². The predicted molar refractivity (Wildman–Crippen MR) is 72.5 cm³/mol. The van der Waals surface area contributed by atoms with Gasteiger partial charge in [-0.1, -0.05) is 6.92 Å². The molecule has 0 amide bonds. The molecule has 4 heteroatoms. The molecular weight excluding hydrogens is 226 g/mol. The second-order valence-corrected chi connectivity index (χ2v) is 4.73. The Labute approximate surface area is 109 Å². The molecule has 1 saturated heterocycles. The monoisotopic (exact) mass is 249 g/mol. The largest absolute Gasteiger partial charge is 0.374 e. The fraction of sp³-hybridized carbons (Fsp3) is 0.643. The summed E-state index contributed by atoms with van der Waals surface area (Å²) in [6.45, 7) is 6.07. The number of likely N-dealkylation sites (N-methyl/N-ethyl adjacent to an activating group) is 1. The maximum atomic E-state index is 5.94. The molecular formula is C14H23N3O. The number of pyridine rings is 1. The Morgan fingerprint density at radius 3 is 2.89 bits per heavy atom. The van der Waals surface area contributed by atoms with Crippen molar-refractivity contribution in [3.8, 4) is 0 Å². The molecule has 1 aliphatic heterocycles. The fourth-order valence-electron chi connectivity index (χ4n) is 2.68. The lowest BCUT2D eigenvalue weighted by Gasteiger charge is -2.41. The van der Waals surface area contributed by atoms with Gasteiger partial charge in [-0.3, -0.25) is 9.88 Å². The minimum atomic E-state index is 0.220. The molecule has 1 aromatic heterocycles. The van der Waals surface area contributed by atoms with E-state index in [1.165, 1.54) is 12.0 Å². The van der Waals surface area contributed by atoms with Crippen LogP contribution < -0.4 is 5.32 Å². The van der Waals surface area contributed by atoms with Gasteiger partial charge in [0.25, 0.3) is 0 Å². The lowest BCUT2D eigenvalue weighted by Crippen LogP contribution is -2.48. The first-order chi connectivity index (χ1) is 8.86. The summed E-state index contributed by atoms with van der Waals surface area (Å²) in [5.74, 6) is 0. The minimum Gasteiger partial charge on any atom is -0.374 e. The number of hydrogen-bond donors (Lipinski definition) is 1. The summed E-state index contributed by atoms with van der Waals surface area (Å²) in [7, 11) is 1.98. The van der Waals surface area contributed by atoms with E-state index in [0.717, 1.165) is 26.2 Å². The van der Waals surface area contributed by atoms with Gasteiger partial charge in [0.15, 0.2) is 0 Å². The second-order valence-electron chi connectivity index (χ2n) is 4.73. The minimum absolute atomic E-state index is 0.220. The summed E-state index contributed by atoms with van der Waals surface area (Å²) in [6.07, 6.45) is 5.13. The van der Waals surface area contributed by atoms with E-state index in [-0.39, 0.29) is 6.10 Å². The third kappa shape index (κ3) is 3.07. The van der Waals surface area contributed by atoms with E-state index in [2.05, 4.69) is 34.3 Å². The second kappa shape index (κ2) is 6.83. The van der Waals surface area contributed by atoms with Gasteiger partial charge in [-0.15, -0.1) is 0 Å². The van der Waals surface area contributed by atoms with E-state index in [9.17, 15) is 0 Å². The molecule has 0 aromatic carbocycles. The molecule has 0 aliphatic carbocycles. The summed E-state index contributed by atoms with van der Waals surface area (Å²) in [6, 6.07) is 4.55. The van der Waals surface area contributed by atoms with E-state index >= 15 is 0 Å². The van der Waals surface area contributed by atoms with Crippen molar-refractivity contribution in [1.82, 2.24) is 15.2 Å². The average molecular weight is 249 g/mol. The maximum Gasteiger partial charge on any atom is 0.0896 e. The van der Waals surface area contributed by atoms with Crippen molar-refractivity contribution in [3.05, 3.63) is 30.1 Å². The number of rotatable bonds is 5. The first-order valence-corrected chi connectivity index (χ1v) is 6.77. The molecule has 18 heavy (non-hydrogen) atoms. The lowest BCUT2D eigenvalue weighted by atomic mass is 9.98. The number of aromatic nitrogens is 1. The van der Waals surface area contributed by atoms with Crippen LogP contribution >= 0.6 is 0 Å². The first-order valence-electron chi connectivity index (χ1n) is 6.77. The summed E-state index contributed by atoms with van der Waals surface area (Å²) >= 11 is 0. The van der Waals surface area contributed by atoms with Crippen molar-refractivity contribution >= 4 is 0 Å². The van der Waals surface area contributed by atoms with Crippen LogP contribution in [0.3, 0.4) is 0 Å².